The van der Waals surface area contributed by atoms with E-state index in [9.17, 15) is 23.7 Å². The molecule has 4 saturated carbocycles. The number of anilines is 1. The third-order valence-electron chi connectivity index (χ3n) is 7.20. The Bertz CT molecular complexity index is 1050. The van der Waals surface area contributed by atoms with Gasteiger partial charge < -0.3 is 10.1 Å². The van der Waals surface area contributed by atoms with Crippen LogP contribution >= 0.6 is 0 Å². The fraction of sp³-hybridized carbons (Fsp3) is 0.545. The highest BCUT2D eigenvalue weighted by atomic mass is 19.3. The van der Waals surface area contributed by atoms with Gasteiger partial charge in [0.25, 0.3) is 5.91 Å². The van der Waals surface area contributed by atoms with Crippen molar-refractivity contribution in [3.8, 4) is 5.75 Å². The van der Waals surface area contributed by atoms with Crippen molar-refractivity contribution < 1.29 is 23.2 Å². The van der Waals surface area contributed by atoms with Gasteiger partial charge in [-0.2, -0.15) is 13.9 Å². The number of halogens is 2. The van der Waals surface area contributed by atoms with Gasteiger partial charge in [0.05, 0.1) is 16.1 Å². The third-order valence-corrected chi connectivity index (χ3v) is 7.20. The summed E-state index contributed by atoms with van der Waals surface area (Å²) in [6.45, 7) is -1.38. The molecule has 0 atom stereocenters. The zero-order valence-corrected chi connectivity index (χ0v) is 17.6. The summed E-state index contributed by atoms with van der Waals surface area (Å²) in [4.78, 5) is 24.1. The molecule has 8 nitrogen and oxygen atoms in total. The Hall–Kier alpha value is -3.04. The summed E-state index contributed by atoms with van der Waals surface area (Å²) in [5.74, 6) is 0.759. The quantitative estimate of drug-likeness (QED) is 0.504. The van der Waals surface area contributed by atoms with Gasteiger partial charge in [-0.3, -0.25) is 19.6 Å². The molecule has 0 aliphatic heterocycles. The van der Waals surface area contributed by atoms with Crippen LogP contribution in [0.5, 0.6) is 5.75 Å². The van der Waals surface area contributed by atoms with E-state index in [1.807, 2.05) is 0 Å². The van der Waals surface area contributed by atoms with Gasteiger partial charge in [0.15, 0.2) is 0 Å². The van der Waals surface area contributed by atoms with Crippen molar-refractivity contribution in [2.75, 3.05) is 5.32 Å². The largest absolute Gasteiger partial charge is 0.433 e. The first-order chi connectivity index (χ1) is 15.2. The number of nitrogens with zero attached hydrogens (tertiary/aromatic N) is 3. The third kappa shape index (κ3) is 3.61. The minimum Gasteiger partial charge on any atom is -0.433 e. The maximum Gasteiger partial charge on any atom is 0.387 e. The van der Waals surface area contributed by atoms with E-state index < -0.39 is 17.4 Å². The van der Waals surface area contributed by atoms with Gasteiger partial charge in [-0.25, -0.2) is 0 Å². The molecule has 1 N–H and O–H groups in total. The number of benzene rings is 1. The maximum absolute atomic E-state index is 13.0. The molecule has 4 aliphatic rings. The second kappa shape index (κ2) is 7.53. The van der Waals surface area contributed by atoms with Crippen molar-refractivity contribution >= 4 is 17.3 Å². The predicted octanol–water partition coefficient (Wildman–Crippen LogP) is 4.88. The Kier molecular flexibility index (Phi) is 4.90. The first kappa shape index (κ1) is 20.8. The lowest BCUT2D eigenvalue weighted by atomic mass is 9.53. The number of nitrogens with one attached hydrogen (secondary N) is 1. The Morgan fingerprint density at radius 2 is 1.88 bits per heavy atom. The topological polar surface area (TPSA) is 99.3 Å². The number of aromatic nitrogens is 2. The molecule has 1 heterocycles. The van der Waals surface area contributed by atoms with Crippen LogP contribution < -0.4 is 10.1 Å². The van der Waals surface area contributed by atoms with Gasteiger partial charge in [0.1, 0.15) is 11.9 Å². The zero-order valence-electron chi connectivity index (χ0n) is 17.6. The Morgan fingerprint density at radius 3 is 2.44 bits per heavy atom. The highest BCUT2D eigenvalue weighted by Crippen LogP contribution is 2.58. The second-order valence-corrected chi connectivity index (χ2v) is 9.54. The summed E-state index contributed by atoms with van der Waals surface area (Å²) in [7, 11) is 0. The number of amides is 1. The summed E-state index contributed by atoms with van der Waals surface area (Å²) in [5, 5.41) is 18.6. The Balaban J connectivity index is 1.46. The molecule has 4 bridgehead atoms. The number of hydrogen-bond acceptors (Lipinski definition) is 5. The molecule has 0 spiro atoms. The average Bonchev–Trinajstić information content (AvgIpc) is 3.15. The molecule has 1 aromatic carbocycles. The van der Waals surface area contributed by atoms with E-state index in [1.54, 1.807) is 17.7 Å². The summed E-state index contributed by atoms with van der Waals surface area (Å²) in [6.07, 6.45) is 7.74. The van der Waals surface area contributed by atoms with E-state index in [2.05, 4.69) is 15.2 Å². The predicted molar refractivity (Wildman–Crippen MR) is 111 cm³/mol. The van der Waals surface area contributed by atoms with Crippen LogP contribution in [0.15, 0.2) is 24.4 Å². The number of aryl methyl sites for hydroxylation is 1. The zero-order chi connectivity index (χ0) is 22.6. The first-order valence-corrected chi connectivity index (χ1v) is 10.8. The molecule has 32 heavy (non-hydrogen) atoms. The van der Waals surface area contributed by atoms with Crippen molar-refractivity contribution in [3.05, 3.63) is 45.8 Å². The molecule has 6 rings (SSSR count). The number of hydrogen-bond donors (Lipinski definition) is 1. The van der Waals surface area contributed by atoms with Gasteiger partial charge in [0.2, 0.25) is 5.69 Å². The summed E-state index contributed by atoms with van der Waals surface area (Å²) < 4.78 is 31.7. The van der Waals surface area contributed by atoms with E-state index in [0.717, 1.165) is 19.3 Å². The van der Waals surface area contributed by atoms with Crippen LogP contribution in [-0.2, 0) is 5.54 Å². The standard InChI is InChI=1S/C22H24F2N4O4/c1-12-2-3-16(18(4-12)32-21(23)24)25-20(29)19-17(28(30)31)11-27(26-19)22-8-13-5-14(9-22)7-15(6-13)10-22/h2-4,11,13-15,21H,5-10H2,1H3,(H,25,29). The number of carbonyl (C=O) groups excluding carboxylic acids is 1. The van der Waals surface area contributed by atoms with E-state index in [4.69, 9.17) is 0 Å². The molecular formula is C22H24F2N4O4. The fourth-order valence-electron chi connectivity index (χ4n) is 6.36. The van der Waals surface area contributed by atoms with Crippen LogP contribution in [0.3, 0.4) is 0 Å². The molecule has 170 valence electrons. The van der Waals surface area contributed by atoms with Crippen molar-refractivity contribution in [1.29, 1.82) is 0 Å². The van der Waals surface area contributed by atoms with Gasteiger partial charge >= 0.3 is 12.3 Å². The minimum atomic E-state index is -3.07. The molecule has 4 fully saturated rings. The molecule has 10 heteroatoms. The van der Waals surface area contributed by atoms with Crippen LogP contribution in [-0.4, -0.2) is 27.2 Å². The highest BCUT2D eigenvalue weighted by molar-refractivity contribution is 6.06. The summed E-state index contributed by atoms with van der Waals surface area (Å²) >= 11 is 0. The lowest BCUT2D eigenvalue weighted by molar-refractivity contribution is -0.385. The molecule has 4 aliphatic carbocycles. The van der Waals surface area contributed by atoms with Gasteiger partial charge in [-0.15, -0.1) is 0 Å². The lowest BCUT2D eigenvalue weighted by Crippen LogP contribution is -2.52. The van der Waals surface area contributed by atoms with Crippen LogP contribution in [0.1, 0.15) is 54.6 Å². The van der Waals surface area contributed by atoms with E-state index in [-0.39, 0.29) is 28.4 Å². The first-order valence-electron chi connectivity index (χ1n) is 10.8. The number of nitro groups is 1. The smallest absolute Gasteiger partial charge is 0.387 e. The number of carbonyl (C=O) groups is 1. The minimum absolute atomic E-state index is 0.000414. The second-order valence-electron chi connectivity index (χ2n) is 9.54. The van der Waals surface area contributed by atoms with Gasteiger partial charge in [0, 0.05) is 0 Å². The van der Waals surface area contributed by atoms with E-state index in [0.29, 0.717) is 23.3 Å². The summed E-state index contributed by atoms with van der Waals surface area (Å²) in [6, 6.07) is 4.41. The molecule has 0 radical (unpaired) electrons. The molecule has 2 aromatic rings. The van der Waals surface area contributed by atoms with Crippen LogP contribution in [0.2, 0.25) is 0 Å². The SMILES string of the molecule is Cc1ccc(NC(=O)c2nn(C34CC5CC(CC(C5)C3)C4)cc2[N+](=O)[O-])c(OC(F)F)c1. The van der Waals surface area contributed by atoms with Crippen molar-refractivity contribution in [2.45, 2.75) is 57.6 Å². The molecule has 1 amide bonds. The van der Waals surface area contributed by atoms with Gasteiger partial charge in [-0.05, 0) is 80.9 Å². The van der Waals surface area contributed by atoms with Gasteiger partial charge in [-0.1, -0.05) is 6.07 Å². The van der Waals surface area contributed by atoms with E-state index in [1.165, 1.54) is 37.6 Å². The van der Waals surface area contributed by atoms with Crippen LogP contribution in [0.25, 0.3) is 0 Å². The molecule has 0 unspecified atom stereocenters. The fourth-order valence-corrected chi connectivity index (χ4v) is 6.36. The average molecular weight is 446 g/mol. The molecule has 0 saturated heterocycles. The van der Waals surface area contributed by atoms with E-state index >= 15 is 0 Å². The molecular weight excluding hydrogens is 422 g/mol. The lowest BCUT2D eigenvalue weighted by Gasteiger charge is -2.56. The Labute approximate surface area is 183 Å². The van der Waals surface area contributed by atoms with Crippen LogP contribution in [0.4, 0.5) is 20.2 Å². The number of alkyl halides is 2. The van der Waals surface area contributed by atoms with Crippen molar-refractivity contribution in [3.63, 3.8) is 0 Å². The van der Waals surface area contributed by atoms with Crippen molar-refractivity contribution in [1.82, 2.24) is 9.78 Å². The number of rotatable bonds is 6. The normalized spacial score (nSPS) is 28.2. The molecule has 1 aromatic heterocycles. The highest BCUT2D eigenvalue weighted by Gasteiger charge is 2.53. The van der Waals surface area contributed by atoms with Crippen molar-refractivity contribution in [2.24, 2.45) is 17.8 Å². The number of ether oxygens (including phenoxy) is 1. The maximum atomic E-state index is 13.0. The monoisotopic (exact) mass is 446 g/mol. The summed E-state index contributed by atoms with van der Waals surface area (Å²) in [5.41, 5.74) is -0.336. The Morgan fingerprint density at radius 1 is 1.25 bits per heavy atom. The van der Waals surface area contributed by atoms with Crippen LogP contribution in [0, 0.1) is 34.8 Å².